The van der Waals surface area contributed by atoms with E-state index < -0.39 is 0 Å². The summed E-state index contributed by atoms with van der Waals surface area (Å²) >= 11 is 0. The first kappa shape index (κ1) is 20.5. The molecule has 1 saturated heterocycles. The molecule has 1 aliphatic heterocycles. The van der Waals surface area contributed by atoms with Crippen LogP contribution in [-0.4, -0.2) is 48.0 Å². The Morgan fingerprint density at radius 1 is 1.10 bits per heavy atom. The summed E-state index contributed by atoms with van der Waals surface area (Å²) < 4.78 is 13.4. The van der Waals surface area contributed by atoms with Gasteiger partial charge in [0, 0.05) is 50.8 Å². The number of carbonyl (C=O) groups excluding carboxylic acids is 1. The minimum atomic E-state index is -0.254. The molecule has 6 heteroatoms. The number of amides is 1. The molecule has 0 N–H and O–H groups in total. The van der Waals surface area contributed by atoms with Crippen LogP contribution in [0.5, 0.6) is 0 Å². The summed E-state index contributed by atoms with van der Waals surface area (Å²) in [6.07, 6.45) is 10.7. The lowest BCUT2D eigenvalue weighted by atomic mass is 9.87. The molecule has 4 rings (SSSR count). The maximum atomic E-state index is 13.4. The van der Waals surface area contributed by atoms with Gasteiger partial charge in [-0.05, 0) is 49.8 Å². The Morgan fingerprint density at radius 2 is 1.83 bits per heavy atom. The Hall–Kier alpha value is -2.76. The Bertz CT molecular complexity index is 917. The lowest BCUT2D eigenvalue weighted by molar-refractivity contribution is -0.136. The fourth-order valence-corrected chi connectivity index (χ4v) is 4.41. The van der Waals surface area contributed by atoms with E-state index in [0.717, 1.165) is 62.0 Å². The Kier molecular flexibility index (Phi) is 6.11. The van der Waals surface area contributed by atoms with Crippen molar-refractivity contribution >= 4 is 11.9 Å². The van der Waals surface area contributed by atoms with Crippen molar-refractivity contribution in [2.24, 2.45) is 5.92 Å². The van der Waals surface area contributed by atoms with Crippen LogP contribution in [0.2, 0.25) is 0 Å². The van der Waals surface area contributed by atoms with E-state index in [1.54, 1.807) is 12.1 Å². The molecule has 2 aliphatic rings. The van der Waals surface area contributed by atoms with Gasteiger partial charge >= 0.3 is 0 Å². The van der Waals surface area contributed by atoms with Gasteiger partial charge in [-0.1, -0.05) is 24.3 Å². The summed E-state index contributed by atoms with van der Waals surface area (Å²) in [6, 6.07) is 6.50. The first-order valence-electron chi connectivity index (χ1n) is 10.8. The van der Waals surface area contributed by atoms with E-state index in [-0.39, 0.29) is 17.7 Å². The monoisotopic (exact) mass is 408 g/mol. The molecule has 5 nitrogen and oxygen atoms in total. The molecule has 2 heterocycles. The number of halogens is 1. The maximum Gasteiger partial charge on any atom is 0.226 e. The van der Waals surface area contributed by atoms with Crippen molar-refractivity contribution < 1.29 is 9.18 Å². The van der Waals surface area contributed by atoms with Crippen molar-refractivity contribution in [3.8, 4) is 11.1 Å². The van der Waals surface area contributed by atoms with Gasteiger partial charge in [-0.2, -0.15) is 0 Å². The van der Waals surface area contributed by atoms with E-state index in [9.17, 15) is 9.18 Å². The van der Waals surface area contributed by atoms with Crippen LogP contribution < -0.4 is 4.90 Å². The van der Waals surface area contributed by atoms with Gasteiger partial charge < -0.3 is 9.80 Å². The van der Waals surface area contributed by atoms with Gasteiger partial charge in [0.05, 0.1) is 5.69 Å². The second-order valence-corrected chi connectivity index (χ2v) is 8.45. The summed E-state index contributed by atoms with van der Waals surface area (Å²) in [4.78, 5) is 26.2. The van der Waals surface area contributed by atoms with Crippen molar-refractivity contribution in [1.29, 1.82) is 0 Å². The quantitative estimate of drug-likeness (QED) is 0.703. The molecular formula is C24H29FN4O. The summed E-state index contributed by atoms with van der Waals surface area (Å²) in [5.41, 5.74) is 2.86. The van der Waals surface area contributed by atoms with Crippen LogP contribution in [0.4, 0.5) is 10.3 Å². The molecule has 2 aromatic rings. The fraction of sp³-hybridized carbons (Fsp3) is 0.458. The molecule has 1 unspecified atom stereocenters. The largest absolute Gasteiger partial charge is 0.347 e. The highest BCUT2D eigenvalue weighted by atomic mass is 19.1. The molecule has 0 bridgehead atoms. The number of allylic oxidation sites excluding steroid dienone is 2. The number of aromatic nitrogens is 2. The summed E-state index contributed by atoms with van der Waals surface area (Å²) in [6.45, 7) is 1.52. The van der Waals surface area contributed by atoms with Crippen LogP contribution in [0, 0.1) is 11.7 Å². The Morgan fingerprint density at radius 3 is 2.47 bits per heavy atom. The van der Waals surface area contributed by atoms with Gasteiger partial charge in [0.2, 0.25) is 11.9 Å². The van der Waals surface area contributed by atoms with Crippen molar-refractivity contribution in [3.63, 3.8) is 0 Å². The third kappa shape index (κ3) is 4.37. The van der Waals surface area contributed by atoms with E-state index in [0.29, 0.717) is 11.9 Å². The summed E-state index contributed by atoms with van der Waals surface area (Å²) in [5.74, 6) is 1.11. The van der Waals surface area contributed by atoms with Gasteiger partial charge in [0.15, 0.2) is 0 Å². The standard InChI is InChI=1S/C24H29FN4O/c1-28(2)24-26-16-21(17-8-10-20(25)11-9-17)22(27-24)18-12-14-29(15-13-18)23(30)19-6-4-3-5-7-19/h3-4,8-11,16,18-19H,5-7,12-15H2,1-2H3. The highest BCUT2D eigenvalue weighted by Gasteiger charge is 2.30. The maximum absolute atomic E-state index is 13.4. The number of rotatable bonds is 4. The highest BCUT2D eigenvalue weighted by Crippen LogP contribution is 2.35. The second-order valence-electron chi connectivity index (χ2n) is 8.45. The number of benzene rings is 1. The number of hydrogen-bond donors (Lipinski definition) is 0. The zero-order valence-corrected chi connectivity index (χ0v) is 17.7. The van der Waals surface area contributed by atoms with E-state index in [4.69, 9.17) is 4.98 Å². The predicted octanol–water partition coefficient (Wildman–Crippen LogP) is 4.41. The zero-order valence-electron chi connectivity index (χ0n) is 17.7. The smallest absolute Gasteiger partial charge is 0.226 e. The van der Waals surface area contributed by atoms with Gasteiger partial charge in [-0.15, -0.1) is 0 Å². The molecule has 0 radical (unpaired) electrons. The predicted molar refractivity (Wildman–Crippen MR) is 117 cm³/mol. The number of likely N-dealkylation sites (tertiary alicyclic amines) is 1. The zero-order chi connectivity index (χ0) is 21.1. The van der Waals surface area contributed by atoms with Crippen LogP contribution in [-0.2, 0) is 4.79 Å². The van der Waals surface area contributed by atoms with Crippen LogP contribution in [0.25, 0.3) is 11.1 Å². The number of piperidine rings is 1. The van der Waals surface area contributed by atoms with Gasteiger partial charge in [-0.25, -0.2) is 14.4 Å². The van der Waals surface area contributed by atoms with E-state index >= 15 is 0 Å². The Balaban J connectivity index is 1.54. The molecule has 0 spiro atoms. The van der Waals surface area contributed by atoms with Crippen molar-refractivity contribution in [3.05, 3.63) is 54.1 Å². The SMILES string of the molecule is CN(C)c1ncc(-c2ccc(F)cc2)c(C2CCN(C(=O)C3CC=CCC3)CC2)n1. The molecule has 1 fully saturated rings. The van der Waals surface area contributed by atoms with Gasteiger partial charge in [0.25, 0.3) is 0 Å². The number of anilines is 1. The first-order chi connectivity index (χ1) is 14.5. The summed E-state index contributed by atoms with van der Waals surface area (Å²) in [7, 11) is 3.85. The number of carbonyl (C=O) groups is 1. The van der Waals surface area contributed by atoms with Crippen LogP contribution in [0.1, 0.15) is 43.7 Å². The molecule has 1 atom stereocenters. The first-order valence-corrected chi connectivity index (χ1v) is 10.8. The van der Waals surface area contributed by atoms with Gasteiger partial charge in [0.1, 0.15) is 5.82 Å². The normalized spacial score (nSPS) is 19.7. The van der Waals surface area contributed by atoms with E-state index in [2.05, 4.69) is 17.1 Å². The summed E-state index contributed by atoms with van der Waals surface area (Å²) in [5, 5.41) is 0. The molecule has 1 aromatic heterocycles. The number of nitrogens with zero attached hydrogens (tertiary/aromatic N) is 4. The number of hydrogen-bond acceptors (Lipinski definition) is 4. The third-order valence-electron chi connectivity index (χ3n) is 6.17. The van der Waals surface area contributed by atoms with Crippen molar-refractivity contribution in [2.45, 2.75) is 38.0 Å². The van der Waals surface area contributed by atoms with Crippen LogP contribution in [0.3, 0.4) is 0 Å². The Labute approximate surface area is 177 Å². The van der Waals surface area contributed by atoms with Gasteiger partial charge in [-0.3, -0.25) is 4.79 Å². The van der Waals surface area contributed by atoms with Crippen LogP contribution in [0.15, 0.2) is 42.6 Å². The van der Waals surface area contributed by atoms with Crippen molar-refractivity contribution in [2.75, 3.05) is 32.1 Å². The molecule has 0 saturated carbocycles. The molecule has 1 aliphatic carbocycles. The lowest BCUT2D eigenvalue weighted by Gasteiger charge is -2.35. The molecular weight excluding hydrogens is 379 g/mol. The average molecular weight is 409 g/mol. The minimum Gasteiger partial charge on any atom is -0.347 e. The minimum absolute atomic E-state index is 0.140. The van der Waals surface area contributed by atoms with Crippen molar-refractivity contribution in [1.82, 2.24) is 14.9 Å². The lowest BCUT2D eigenvalue weighted by Crippen LogP contribution is -2.41. The molecule has 1 amide bonds. The average Bonchev–Trinajstić information content (AvgIpc) is 2.79. The molecule has 158 valence electrons. The highest BCUT2D eigenvalue weighted by molar-refractivity contribution is 5.79. The van der Waals surface area contributed by atoms with E-state index in [1.807, 2.05) is 30.1 Å². The molecule has 1 aromatic carbocycles. The molecule has 30 heavy (non-hydrogen) atoms. The van der Waals surface area contributed by atoms with E-state index in [1.165, 1.54) is 12.1 Å². The fourth-order valence-electron chi connectivity index (χ4n) is 4.41. The topological polar surface area (TPSA) is 49.3 Å². The van der Waals surface area contributed by atoms with Crippen LogP contribution >= 0.6 is 0 Å². The third-order valence-corrected chi connectivity index (χ3v) is 6.17. The second kappa shape index (κ2) is 8.94.